The lowest BCUT2D eigenvalue weighted by molar-refractivity contribution is -0.150. The number of aliphatic hydroxyl groups is 1. The normalized spacial score (nSPS) is 19.6. The smallest absolute Gasteiger partial charge is 0.352 e. The molecule has 4 heterocycles. The average Bonchev–Trinajstić information content (AvgIpc) is 3.49. The predicted molar refractivity (Wildman–Crippen MR) is 131 cm³/mol. The highest BCUT2D eigenvalue weighted by molar-refractivity contribution is 8.00. The molecule has 2 aliphatic rings. The van der Waals surface area contributed by atoms with Gasteiger partial charge in [-0.2, -0.15) is 0 Å². The number of carboxylic acid groups (broad SMARTS) is 1. The Balaban J connectivity index is 1.52. The number of β-lactam (4-membered cyclic amide) rings is 1. The first-order valence-electron chi connectivity index (χ1n) is 10.2. The van der Waals surface area contributed by atoms with Crippen LogP contribution < -0.4 is 11.1 Å². The van der Waals surface area contributed by atoms with Gasteiger partial charge in [-0.05, 0) is 16.0 Å². The number of amides is 2. The van der Waals surface area contributed by atoms with Crippen molar-refractivity contribution in [3.05, 3.63) is 28.2 Å². The van der Waals surface area contributed by atoms with Crippen LogP contribution in [0.3, 0.4) is 0 Å². The van der Waals surface area contributed by atoms with E-state index in [9.17, 15) is 19.5 Å². The van der Waals surface area contributed by atoms with E-state index in [4.69, 9.17) is 27.9 Å². The number of anilines is 1. The van der Waals surface area contributed by atoms with Crippen LogP contribution in [-0.4, -0.2) is 99.5 Å². The summed E-state index contributed by atoms with van der Waals surface area (Å²) in [5.74, 6) is -2.14. The highest BCUT2D eigenvalue weighted by Crippen LogP contribution is 2.41. The fourth-order valence-electron chi connectivity index (χ4n) is 3.64. The number of hydrogen-bond acceptors (Lipinski definition) is 14. The van der Waals surface area contributed by atoms with Gasteiger partial charge in [-0.3, -0.25) is 14.5 Å². The van der Waals surface area contributed by atoms with E-state index < -0.39 is 29.2 Å². The van der Waals surface area contributed by atoms with Gasteiger partial charge in [0.05, 0.1) is 18.0 Å². The minimum absolute atomic E-state index is 0.0270. The second-order valence-corrected chi connectivity index (χ2v) is 9.85. The van der Waals surface area contributed by atoms with Crippen molar-refractivity contribution >= 4 is 68.8 Å². The number of thioether (sulfide) groups is 1. The number of aromatic nitrogens is 5. The molecule has 2 aromatic heterocycles. The van der Waals surface area contributed by atoms with Crippen LogP contribution in [0, 0.1) is 0 Å². The van der Waals surface area contributed by atoms with Crippen LogP contribution in [0.15, 0.2) is 21.8 Å². The molecule has 0 saturated carbocycles. The van der Waals surface area contributed by atoms with Crippen LogP contribution in [-0.2, 0) is 25.8 Å². The Morgan fingerprint density at radius 1 is 1.44 bits per heavy atom. The number of fused-ring (bicyclic) bond motifs is 1. The number of carbonyl (C=O) groups is 3. The molecule has 1 fully saturated rings. The van der Waals surface area contributed by atoms with Crippen LogP contribution in [0.2, 0.25) is 0 Å². The van der Waals surface area contributed by atoms with Crippen LogP contribution >= 0.6 is 35.3 Å². The van der Waals surface area contributed by atoms with Crippen molar-refractivity contribution in [2.24, 2.45) is 5.16 Å². The summed E-state index contributed by atoms with van der Waals surface area (Å²) < 4.78 is 1.32. The first-order valence-corrected chi connectivity index (χ1v) is 12.5. The zero-order valence-corrected chi connectivity index (χ0v) is 21.0. The monoisotopic (exact) mass is 553 g/mol. The number of nitrogens with zero attached hydrogens (tertiary/aromatic N) is 7. The Hall–Kier alpha value is -3.48. The van der Waals surface area contributed by atoms with Crippen LogP contribution in [0.4, 0.5) is 5.13 Å². The lowest BCUT2D eigenvalue weighted by atomic mass is 10.00. The highest BCUT2D eigenvalue weighted by Gasteiger charge is 2.54. The van der Waals surface area contributed by atoms with Crippen molar-refractivity contribution in [2.45, 2.75) is 24.4 Å². The van der Waals surface area contributed by atoms with Crippen molar-refractivity contribution in [3.8, 4) is 0 Å². The molecule has 2 aliphatic heterocycles. The van der Waals surface area contributed by atoms with Crippen molar-refractivity contribution in [1.82, 2.24) is 35.4 Å². The Labute approximate surface area is 216 Å². The van der Waals surface area contributed by atoms with Crippen LogP contribution in [0.5, 0.6) is 0 Å². The van der Waals surface area contributed by atoms with E-state index in [-0.39, 0.29) is 58.2 Å². The van der Waals surface area contributed by atoms with Crippen molar-refractivity contribution in [2.75, 3.05) is 25.2 Å². The lowest BCUT2D eigenvalue weighted by Crippen LogP contribution is -2.71. The van der Waals surface area contributed by atoms with Crippen molar-refractivity contribution < 1.29 is 29.4 Å². The SMILES string of the molecule is CON=C(C(=O)NC1C(=O)N2C(C(=O)O)=C(CC(=S)c3nnnn3CCO)CSC12)c1csc(N)n1. The number of tetrazole rings is 1. The number of hydrogen-bond donors (Lipinski definition) is 4. The standard InChI is InChI=1S/C18H19N9O6S3/c1-33-23-10(8-6-36-18(19)20-8)14(29)21-11-15(30)27-12(17(31)32)7(5-35-16(11)27)4-9(34)13-22-24-25-26(13)2-3-28/h6,11,16,28H,2-5H2,1H3,(H2,19,20)(H,21,29)(H,31,32). The van der Waals surface area contributed by atoms with Gasteiger partial charge >= 0.3 is 5.97 Å². The summed E-state index contributed by atoms with van der Waals surface area (Å²) in [5, 5.41) is 37.5. The first kappa shape index (κ1) is 25.6. The van der Waals surface area contributed by atoms with Crippen LogP contribution in [0.25, 0.3) is 0 Å². The minimum atomic E-state index is -1.30. The number of carbonyl (C=O) groups excluding carboxylic acids is 2. The second kappa shape index (κ2) is 10.6. The number of carboxylic acids is 1. The van der Waals surface area contributed by atoms with E-state index in [2.05, 4.69) is 31.0 Å². The van der Waals surface area contributed by atoms with E-state index in [0.717, 1.165) is 16.2 Å². The topological polar surface area (TPSA) is 211 Å². The van der Waals surface area contributed by atoms with Gasteiger partial charge in [-0.15, -0.1) is 28.2 Å². The number of thiazole rings is 1. The number of oxime groups is 1. The maximum Gasteiger partial charge on any atom is 0.352 e. The van der Waals surface area contributed by atoms with E-state index >= 15 is 0 Å². The molecule has 4 rings (SSSR count). The van der Waals surface area contributed by atoms with Gasteiger partial charge in [0, 0.05) is 17.6 Å². The van der Waals surface area contributed by atoms with Crippen molar-refractivity contribution in [3.63, 3.8) is 0 Å². The fraction of sp³-hybridized carbons (Fsp3) is 0.389. The molecule has 0 bridgehead atoms. The molecule has 2 atom stereocenters. The molecule has 0 radical (unpaired) electrons. The predicted octanol–water partition coefficient (Wildman–Crippen LogP) is -1.40. The second-order valence-electron chi connectivity index (χ2n) is 7.36. The summed E-state index contributed by atoms with van der Waals surface area (Å²) in [6.45, 7) is -0.0821. The summed E-state index contributed by atoms with van der Waals surface area (Å²) in [5.41, 5.74) is 5.85. The molecule has 15 nitrogen and oxygen atoms in total. The third kappa shape index (κ3) is 4.79. The van der Waals surface area contributed by atoms with Gasteiger partial charge in [0.2, 0.25) is 0 Å². The third-order valence-electron chi connectivity index (χ3n) is 5.17. The van der Waals surface area contributed by atoms with Gasteiger partial charge in [0.25, 0.3) is 11.8 Å². The summed E-state index contributed by atoms with van der Waals surface area (Å²) in [6.07, 6.45) is 0.0270. The van der Waals surface area contributed by atoms with E-state index in [1.165, 1.54) is 28.9 Å². The lowest BCUT2D eigenvalue weighted by Gasteiger charge is -2.49. The van der Waals surface area contributed by atoms with E-state index in [0.29, 0.717) is 5.57 Å². The molecule has 18 heteroatoms. The molecule has 5 N–H and O–H groups in total. The summed E-state index contributed by atoms with van der Waals surface area (Å²) in [6, 6.07) is -0.986. The Morgan fingerprint density at radius 2 is 2.22 bits per heavy atom. The number of aliphatic carboxylic acids is 1. The maximum absolute atomic E-state index is 13.0. The van der Waals surface area contributed by atoms with Gasteiger partial charge < -0.3 is 26.1 Å². The molecule has 1 saturated heterocycles. The molecule has 2 unspecified atom stereocenters. The molecule has 0 spiro atoms. The third-order valence-corrected chi connectivity index (χ3v) is 7.51. The Morgan fingerprint density at radius 3 is 2.86 bits per heavy atom. The van der Waals surface area contributed by atoms with Gasteiger partial charge in [0.1, 0.15) is 29.9 Å². The maximum atomic E-state index is 13.0. The largest absolute Gasteiger partial charge is 0.477 e. The van der Waals surface area contributed by atoms with E-state index in [1.807, 2.05) is 0 Å². The average molecular weight is 554 g/mol. The zero-order chi connectivity index (χ0) is 26.0. The fourth-order valence-corrected chi connectivity index (χ4v) is 5.86. The van der Waals surface area contributed by atoms with Crippen LogP contribution in [0.1, 0.15) is 17.9 Å². The molecule has 0 aromatic carbocycles. The molecular formula is C18H19N9O6S3. The number of nitrogen functional groups attached to an aromatic ring is 1. The number of thiocarbonyl (C=S) groups is 1. The molecule has 36 heavy (non-hydrogen) atoms. The van der Waals surface area contributed by atoms with Crippen molar-refractivity contribution in [1.29, 1.82) is 0 Å². The number of nitrogens with two attached hydrogens (primary N) is 1. The number of nitrogens with one attached hydrogen (secondary N) is 1. The summed E-state index contributed by atoms with van der Waals surface area (Å²) in [7, 11) is 1.26. The Kier molecular flexibility index (Phi) is 7.57. The zero-order valence-electron chi connectivity index (χ0n) is 18.5. The summed E-state index contributed by atoms with van der Waals surface area (Å²) in [4.78, 5) is 48.1. The highest BCUT2D eigenvalue weighted by atomic mass is 32.2. The number of aliphatic hydroxyl groups excluding tert-OH is 1. The van der Waals surface area contributed by atoms with E-state index in [1.54, 1.807) is 0 Å². The molecular weight excluding hydrogens is 534 g/mol. The molecule has 2 amide bonds. The summed E-state index contributed by atoms with van der Waals surface area (Å²) >= 11 is 7.80. The first-order chi connectivity index (χ1) is 17.3. The minimum Gasteiger partial charge on any atom is -0.477 e. The number of rotatable bonds is 10. The Bertz CT molecular complexity index is 1290. The van der Waals surface area contributed by atoms with Gasteiger partial charge in [0.15, 0.2) is 16.7 Å². The quantitative estimate of drug-likeness (QED) is 0.0878. The molecule has 190 valence electrons. The molecule has 2 aromatic rings. The van der Waals surface area contributed by atoms with Gasteiger partial charge in [-0.25, -0.2) is 14.5 Å². The van der Waals surface area contributed by atoms with Gasteiger partial charge in [-0.1, -0.05) is 17.4 Å². The molecule has 0 aliphatic carbocycles.